The van der Waals surface area contributed by atoms with Gasteiger partial charge in [0.05, 0.1) is 11.6 Å². The summed E-state index contributed by atoms with van der Waals surface area (Å²) in [6, 6.07) is 6.00. The molecule has 0 amide bonds. The van der Waals surface area contributed by atoms with E-state index >= 15 is 0 Å². The van der Waals surface area contributed by atoms with E-state index in [-0.39, 0.29) is 0 Å². The Morgan fingerprint density at radius 2 is 2.25 bits per heavy atom. The Morgan fingerprint density at radius 1 is 1.42 bits per heavy atom. The van der Waals surface area contributed by atoms with Crippen molar-refractivity contribution in [2.45, 2.75) is 12.3 Å². The van der Waals surface area contributed by atoms with E-state index < -0.39 is 0 Å². The minimum atomic E-state index is 0.502. The van der Waals surface area contributed by atoms with Gasteiger partial charge in [0.2, 0.25) is 0 Å². The number of hydrogen-bond donors (Lipinski definition) is 0. The first-order valence-electron chi connectivity index (χ1n) is 4.17. The summed E-state index contributed by atoms with van der Waals surface area (Å²) in [6.45, 7) is 2.28. The van der Waals surface area contributed by atoms with Crippen LogP contribution in [0.3, 0.4) is 0 Å². The number of pyridine rings is 1. The second kappa shape index (κ2) is 3.31. The van der Waals surface area contributed by atoms with Gasteiger partial charge in [-0.05, 0) is 18.6 Å². The Morgan fingerprint density at radius 3 is 2.83 bits per heavy atom. The van der Waals surface area contributed by atoms with Crippen LogP contribution in [0.5, 0.6) is 0 Å². The molecule has 2 nitrogen and oxygen atoms in total. The van der Waals surface area contributed by atoms with Crippen LogP contribution in [0, 0.1) is 0 Å². The van der Waals surface area contributed by atoms with Gasteiger partial charge >= 0.3 is 0 Å². The molecule has 1 fully saturated rings. The van der Waals surface area contributed by atoms with Crippen molar-refractivity contribution in [3.8, 4) is 0 Å². The zero-order valence-electron chi connectivity index (χ0n) is 6.83. The molecule has 0 saturated carbocycles. The molecule has 1 aromatic rings. The van der Waals surface area contributed by atoms with Crippen LogP contribution in [0.15, 0.2) is 18.2 Å². The Bertz CT molecular complexity index is 271. The van der Waals surface area contributed by atoms with Crippen molar-refractivity contribution in [2.24, 2.45) is 0 Å². The SMILES string of the molecule is ClCc1cccc(N2CCC2)n1. The first-order valence-corrected chi connectivity index (χ1v) is 4.70. The summed E-state index contributed by atoms with van der Waals surface area (Å²) in [7, 11) is 0. The van der Waals surface area contributed by atoms with E-state index in [0.717, 1.165) is 24.6 Å². The van der Waals surface area contributed by atoms with Gasteiger partial charge in [-0.1, -0.05) is 6.07 Å². The number of nitrogens with zero attached hydrogens (tertiary/aromatic N) is 2. The highest BCUT2D eigenvalue weighted by Crippen LogP contribution is 2.18. The fourth-order valence-electron chi connectivity index (χ4n) is 1.26. The van der Waals surface area contributed by atoms with E-state index in [9.17, 15) is 0 Å². The lowest BCUT2D eigenvalue weighted by Crippen LogP contribution is -2.37. The van der Waals surface area contributed by atoms with Crippen LogP contribution in [-0.4, -0.2) is 18.1 Å². The second-order valence-corrected chi connectivity index (χ2v) is 3.23. The van der Waals surface area contributed by atoms with E-state index in [2.05, 4.69) is 9.88 Å². The summed E-state index contributed by atoms with van der Waals surface area (Å²) < 4.78 is 0. The van der Waals surface area contributed by atoms with Crippen LogP contribution in [0.1, 0.15) is 12.1 Å². The third-order valence-electron chi connectivity index (χ3n) is 2.11. The lowest BCUT2D eigenvalue weighted by atomic mass is 10.2. The van der Waals surface area contributed by atoms with Crippen LogP contribution in [0.2, 0.25) is 0 Å². The quantitative estimate of drug-likeness (QED) is 0.651. The van der Waals surface area contributed by atoms with Crippen molar-refractivity contribution in [1.82, 2.24) is 4.98 Å². The van der Waals surface area contributed by atoms with Gasteiger partial charge in [0.1, 0.15) is 5.82 Å². The van der Waals surface area contributed by atoms with Crippen molar-refractivity contribution in [3.63, 3.8) is 0 Å². The lowest BCUT2D eigenvalue weighted by Gasteiger charge is -2.32. The lowest BCUT2D eigenvalue weighted by molar-refractivity contribution is 0.609. The Balaban J connectivity index is 2.19. The van der Waals surface area contributed by atoms with E-state index in [4.69, 9.17) is 11.6 Å². The highest BCUT2D eigenvalue weighted by atomic mass is 35.5. The summed E-state index contributed by atoms with van der Waals surface area (Å²) in [5.74, 6) is 1.57. The smallest absolute Gasteiger partial charge is 0.128 e. The summed E-state index contributed by atoms with van der Waals surface area (Å²) in [4.78, 5) is 6.67. The van der Waals surface area contributed by atoms with Crippen molar-refractivity contribution in [1.29, 1.82) is 0 Å². The van der Waals surface area contributed by atoms with E-state index in [0.29, 0.717) is 5.88 Å². The molecule has 1 aliphatic heterocycles. The summed E-state index contributed by atoms with van der Waals surface area (Å²) in [5.41, 5.74) is 0.959. The molecule has 2 rings (SSSR count). The molecule has 1 aliphatic rings. The molecule has 1 aromatic heterocycles. The van der Waals surface area contributed by atoms with E-state index in [1.807, 2.05) is 18.2 Å². The van der Waals surface area contributed by atoms with Gasteiger partial charge < -0.3 is 4.90 Å². The van der Waals surface area contributed by atoms with Gasteiger partial charge in [0, 0.05) is 13.1 Å². The maximum absolute atomic E-state index is 5.68. The number of rotatable bonds is 2. The largest absolute Gasteiger partial charge is 0.356 e. The molecule has 0 N–H and O–H groups in total. The predicted molar refractivity (Wildman–Crippen MR) is 50.6 cm³/mol. The Hall–Kier alpha value is -0.760. The Kier molecular flexibility index (Phi) is 2.17. The standard InChI is InChI=1S/C9H11ClN2/c10-7-8-3-1-4-9(11-8)12-5-2-6-12/h1,3-4H,2,5-7H2. The molecule has 0 bridgehead atoms. The molecule has 12 heavy (non-hydrogen) atoms. The van der Waals surface area contributed by atoms with Crippen LogP contribution < -0.4 is 4.90 Å². The second-order valence-electron chi connectivity index (χ2n) is 2.96. The molecule has 0 unspecified atom stereocenters. The van der Waals surface area contributed by atoms with Crippen molar-refractivity contribution >= 4 is 17.4 Å². The molecule has 0 aromatic carbocycles. The van der Waals surface area contributed by atoms with Crippen LogP contribution in [0.4, 0.5) is 5.82 Å². The molecule has 2 heterocycles. The number of aromatic nitrogens is 1. The average molecular weight is 183 g/mol. The predicted octanol–water partition coefficient (Wildman–Crippen LogP) is 2.03. The number of anilines is 1. The first-order chi connectivity index (χ1) is 5.90. The van der Waals surface area contributed by atoms with Gasteiger partial charge in [0.25, 0.3) is 0 Å². The molecule has 3 heteroatoms. The summed E-state index contributed by atoms with van der Waals surface area (Å²) in [6.07, 6.45) is 1.28. The third kappa shape index (κ3) is 1.39. The average Bonchev–Trinajstić information content (AvgIpc) is 2.02. The monoisotopic (exact) mass is 182 g/mol. The first kappa shape index (κ1) is 7.87. The number of halogens is 1. The topological polar surface area (TPSA) is 16.1 Å². The fraction of sp³-hybridized carbons (Fsp3) is 0.444. The van der Waals surface area contributed by atoms with E-state index in [1.165, 1.54) is 6.42 Å². The van der Waals surface area contributed by atoms with Crippen LogP contribution in [-0.2, 0) is 5.88 Å². The molecule has 0 aliphatic carbocycles. The normalized spacial score (nSPS) is 15.9. The number of alkyl halides is 1. The molecular formula is C9H11ClN2. The fourth-order valence-corrected chi connectivity index (χ4v) is 1.41. The number of hydrogen-bond acceptors (Lipinski definition) is 2. The van der Waals surface area contributed by atoms with Gasteiger partial charge in [-0.3, -0.25) is 0 Å². The van der Waals surface area contributed by atoms with Gasteiger partial charge in [-0.15, -0.1) is 11.6 Å². The Labute approximate surface area is 77.2 Å². The minimum Gasteiger partial charge on any atom is -0.356 e. The molecule has 0 radical (unpaired) electrons. The van der Waals surface area contributed by atoms with Crippen molar-refractivity contribution in [3.05, 3.63) is 23.9 Å². The highest BCUT2D eigenvalue weighted by Gasteiger charge is 2.15. The maximum Gasteiger partial charge on any atom is 0.128 e. The zero-order chi connectivity index (χ0) is 8.39. The summed E-state index contributed by atoms with van der Waals surface area (Å²) >= 11 is 5.68. The third-order valence-corrected chi connectivity index (χ3v) is 2.38. The molecule has 1 saturated heterocycles. The molecule has 64 valence electrons. The van der Waals surface area contributed by atoms with Crippen molar-refractivity contribution < 1.29 is 0 Å². The molecule has 0 atom stereocenters. The highest BCUT2D eigenvalue weighted by molar-refractivity contribution is 6.16. The van der Waals surface area contributed by atoms with Crippen LogP contribution >= 0.6 is 11.6 Å². The molecule has 0 spiro atoms. The van der Waals surface area contributed by atoms with Gasteiger partial charge in [0.15, 0.2) is 0 Å². The zero-order valence-corrected chi connectivity index (χ0v) is 7.59. The summed E-state index contributed by atoms with van der Waals surface area (Å²) in [5, 5.41) is 0. The van der Waals surface area contributed by atoms with E-state index in [1.54, 1.807) is 0 Å². The minimum absolute atomic E-state index is 0.502. The van der Waals surface area contributed by atoms with Gasteiger partial charge in [-0.25, -0.2) is 4.98 Å². The molecular weight excluding hydrogens is 172 g/mol. The van der Waals surface area contributed by atoms with Gasteiger partial charge in [-0.2, -0.15) is 0 Å². The maximum atomic E-state index is 5.68. The van der Waals surface area contributed by atoms with Crippen molar-refractivity contribution in [2.75, 3.05) is 18.0 Å². The van der Waals surface area contributed by atoms with Crippen LogP contribution in [0.25, 0.3) is 0 Å².